The molecule has 0 aromatic heterocycles. The number of fused-ring (bicyclic) bond motifs is 1. The van der Waals surface area contributed by atoms with Crippen LogP contribution in [0.3, 0.4) is 0 Å². The summed E-state index contributed by atoms with van der Waals surface area (Å²) in [6.07, 6.45) is -1.57. The number of phenolic OH excluding ortho intramolecular Hbond substituents is 1. The predicted molar refractivity (Wildman–Crippen MR) is 315 cm³/mol. The van der Waals surface area contributed by atoms with E-state index < -0.39 is 156 Å². The Morgan fingerprint density at radius 3 is 1.45 bits per heavy atom. The number of carbonyl (C=O) groups excluding carboxylic acids is 12. The Balaban J connectivity index is 1.61. The lowest BCUT2D eigenvalue weighted by Crippen LogP contribution is -2.62. The van der Waals surface area contributed by atoms with Crippen molar-refractivity contribution >= 4 is 70.9 Å². The molecule has 5 rings (SSSR count). The van der Waals surface area contributed by atoms with Gasteiger partial charge in [-0.1, -0.05) is 100 Å². The minimum atomic E-state index is -1.84. The fourth-order valence-electron chi connectivity index (χ4n) is 10.1. The molecule has 0 radical (unpaired) electrons. The molecule has 3 aromatic carbocycles. The summed E-state index contributed by atoms with van der Waals surface area (Å²) in [4.78, 5) is 171. The first-order chi connectivity index (χ1) is 40.8. The quantitative estimate of drug-likeness (QED) is 0.0724. The van der Waals surface area contributed by atoms with Gasteiger partial charge in [-0.25, -0.2) is 0 Å². The number of amides is 12. The lowest BCUT2D eigenvalue weighted by atomic mass is 9.99. The van der Waals surface area contributed by atoms with Crippen molar-refractivity contribution in [3.8, 4) is 5.75 Å². The number of carbonyl (C=O) groups is 12. The average molecular weight is 1190 g/mol. The highest BCUT2D eigenvalue weighted by molar-refractivity contribution is 6.00. The molecule has 86 heavy (non-hydrogen) atoms. The zero-order valence-corrected chi connectivity index (χ0v) is 49.2. The summed E-state index contributed by atoms with van der Waals surface area (Å²) >= 11 is 0. The molecule has 0 spiro atoms. The smallest absolute Gasteiger partial charge is 0.245 e. The summed E-state index contributed by atoms with van der Waals surface area (Å²) in [6.45, 7) is 8.48. The molecule has 10 atom stereocenters. The molecule has 26 nitrogen and oxygen atoms in total. The van der Waals surface area contributed by atoms with Gasteiger partial charge in [0.25, 0.3) is 0 Å². The number of aromatic hydroxyl groups is 1. The SMILES string of the molecule is CC(C)C[C@@H]1NC(=O)[C@H](CCCN)NC(=O)[C@H](C(C)C)NC(=O)[C@H](Cc2ccc(O)cc2)NC(=O)[C@H](CCC(N)=O)NC(=O)[C@H](CC(N)=O)NC(=O)[C@@H](Cc2ccccc2)NC(=O)[C@H](Cc2ccccc2)NC(=O)[C@@H]2CCCN2C(=O)[C@@H](C)NC1=O. The van der Waals surface area contributed by atoms with E-state index in [1.54, 1.807) is 74.5 Å². The number of rotatable bonds is 17. The van der Waals surface area contributed by atoms with Crippen molar-refractivity contribution in [3.05, 3.63) is 102 Å². The molecule has 0 unspecified atom stereocenters. The van der Waals surface area contributed by atoms with Crippen LogP contribution in [0.15, 0.2) is 84.9 Å². The van der Waals surface area contributed by atoms with Gasteiger partial charge < -0.3 is 75.1 Å². The second-order valence-electron chi connectivity index (χ2n) is 22.6. The number of benzene rings is 3. The van der Waals surface area contributed by atoms with Crippen LogP contribution in [0.5, 0.6) is 5.75 Å². The minimum Gasteiger partial charge on any atom is -0.508 e. The van der Waals surface area contributed by atoms with Crippen LogP contribution in [-0.4, -0.2) is 154 Å². The second kappa shape index (κ2) is 32.9. The first-order valence-corrected chi connectivity index (χ1v) is 29.0. The van der Waals surface area contributed by atoms with Crippen molar-refractivity contribution in [2.75, 3.05) is 13.1 Å². The molecule has 466 valence electrons. The number of phenols is 1. The topological polar surface area (TPSA) is 415 Å². The van der Waals surface area contributed by atoms with Gasteiger partial charge in [0, 0.05) is 32.2 Å². The lowest BCUT2D eigenvalue weighted by molar-refractivity contribution is -0.142. The standard InChI is InChI=1S/C60H83N13O13/c1-33(2)28-42-53(79)64-35(5)60(86)73-27-13-19-47(73)58(84)71-44(30-37-16-10-7-11-17-37)55(81)69-43(29-36-14-8-6-9-15-36)54(80)70-46(32-49(63)76)56(82)65-41(24-25-48(62)75)52(78)68-45(31-38-20-22-39(74)23-21-38)57(83)72-50(34(3)4)59(85)66-40(18-12-26-61)51(77)67-42/h6-11,14-17,20-23,33-35,40-47,50,74H,12-13,18-19,24-32,61H2,1-5H3,(H2,62,75)(H2,63,76)(H,64,79)(H,65,82)(H,66,85)(H,67,77)(H,68,78)(H,69,81)(H,70,80)(H,71,84)(H,72,83)/t35-,40+,41+,42+,43-,44+,45+,46+,47+,50+/m1/s1. The van der Waals surface area contributed by atoms with Crippen LogP contribution < -0.4 is 65.1 Å². The number of hydrogen-bond donors (Lipinski definition) is 13. The molecule has 0 aliphatic carbocycles. The van der Waals surface area contributed by atoms with E-state index in [2.05, 4.69) is 47.9 Å². The van der Waals surface area contributed by atoms with Crippen molar-refractivity contribution in [2.45, 2.75) is 166 Å². The third kappa shape index (κ3) is 21.0. The molecule has 12 amide bonds. The molecule has 2 fully saturated rings. The first-order valence-electron chi connectivity index (χ1n) is 29.0. The van der Waals surface area contributed by atoms with E-state index in [4.69, 9.17) is 17.2 Å². The van der Waals surface area contributed by atoms with Crippen LogP contribution in [0.4, 0.5) is 0 Å². The molecule has 26 heteroatoms. The van der Waals surface area contributed by atoms with Crippen molar-refractivity contribution in [2.24, 2.45) is 29.0 Å². The molecule has 16 N–H and O–H groups in total. The normalized spacial score (nSPS) is 24.8. The maximum atomic E-state index is 14.7. The minimum absolute atomic E-state index is 0.0137. The summed E-state index contributed by atoms with van der Waals surface area (Å²) in [5.41, 5.74) is 18.5. The Labute approximate surface area is 499 Å². The van der Waals surface area contributed by atoms with Crippen molar-refractivity contribution in [1.29, 1.82) is 0 Å². The van der Waals surface area contributed by atoms with Gasteiger partial charge in [0.1, 0.15) is 66.2 Å². The van der Waals surface area contributed by atoms with Crippen LogP contribution in [0.1, 0.15) is 103 Å². The van der Waals surface area contributed by atoms with Crippen LogP contribution >= 0.6 is 0 Å². The largest absolute Gasteiger partial charge is 0.508 e. The van der Waals surface area contributed by atoms with E-state index in [0.717, 1.165) is 0 Å². The molecule has 2 heterocycles. The van der Waals surface area contributed by atoms with Gasteiger partial charge in [-0.3, -0.25) is 57.5 Å². The van der Waals surface area contributed by atoms with Crippen molar-refractivity contribution < 1.29 is 62.6 Å². The summed E-state index contributed by atoms with van der Waals surface area (Å²) in [5, 5.41) is 33.9. The average Bonchev–Trinajstić information content (AvgIpc) is 3.16. The van der Waals surface area contributed by atoms with Gasteiger partial charge in [0.15, 0.2) is 0 Å². The predicted octanol–water partition coefficient (Wildman–Crippen LogP) is -1.61. The summed E-state index contributed by atoms with van der Waals surface area (Å²) in [5.74, 6) is -11.7. The van der Waals surface area contributed by atoms with Crippen LogP contribution in [0, 0.1) is 11.8 Å². The van der Waals surface area contributed by atoms with E-state index in [1.807, 2.05) is 13.8 Å². The van der Waals surface area contributed by atoms with Gasteiger partial charge in [0.2, 0.25) is 70.9 Å². The maximum absolute atomic E-state index is 14.7. The third-order valence-corrected chi connectivity index (χ3v) is 14.7. The fourth-order valence-corrected chi connectivity index (χ4v) is 10.1. The first kappa shape index (κ1) is 67.8. The highest BCUT2D eigenvalue weighted by atomic mass is 16.3. The monoisotopic (exact) mass is 1190 g/mol. The molecule has 0 bridgehead atoms. The molecule has 3 aromatic rings. The molecular formula is C60H83N13O13. The molecule has 2 saturated heterocycles. The number of nitrogens with one attached hydrogen (secondary N) is 9. The number of nitrogens with two attached hydrogens (primary N) is 3. The third-order valence-electron chi connectivity index (χ3n) is 14.7. The maximum Gasteiger partial charge on any atom is 0.245 e. The molecular weight excluding hydrogens is 1110 g/mol. The number of hydrogen-bond acceptors (Lipinski definition) is 14. The molecule has 2 aliphatic rings. The van der Waals surface area contributed by atoms with E-state index in [0.29, 0.717) is 23.1 Å². The Bertz CT molecular complexity index is 2880. The summed E-state index contributed by atoms with van der Waals surface area (Å²) < 4.78 is 0. The van der Waals surface area contributed by atoms with Crippen LogP contribution in [0.25, 0.3) is 0 Å². The van der Waals surface area contributed by atoms with Gasteiger partial charge in [-0.2, -0.15) is 0 Å². The zero-order valence-electron chi connectivity index (χ0n) is 49.2. The summed E-state index contributed by atoms with van der Waals surface area (Å²) in [7, 11) is 0. The Hall–Kier alpha value is -8.94. The zero-order chi connectivity index (χ0) is 63.2. The Morgan fingerprint density at radius 2 is 0.953 bits per heavy atom. The van der Waals surface area contributed by atoms with Gasteiger partial charge in [0.05, 0.1) is 6.42 Å². The molecule has 0 saturated carbocycles. The fraction of sp³-hybridized carbons (Fsp3) is 0.500. The highest BCUT2D eigenvalue weighted by Gasteiger charge is 2.41. The van der Waals surface area contributed by atoms with Crippen LogP contribution in [-0.2, 0) is 76.8 Å². The Kier molecular flexibility index (Phi) is 26.0. The van der Waals surface area contributed by atoms with E-state index >= 15 is 0 Å². The lowest BCUT2D eigenvalue weighted by Gasteiger charge is -2.31. The van der Waals surface area contributed by atoms with Gasteiger partial charge in [-0.05, 0) is 92.7 Å². The number of primary amides is 2. The van der Waals surface area contributed by atoms with Gasteiger partial charge in [-0.15, -0.1) is 0 Å². The second-order valence-corrected chi connectivity index (χ2v) is 22.6. The summed E-state index contributed by atoms with van der Waals surface area (Å²) in [6, 6.07) is 8.31. The van der Waals surface area contributed by atoms with Crippen LogP contribution in [0.2, 0.25) is 0 Å². The van der Waals surface area contributed by atoms with E-state index in [9.17, 15) is 62.6 Å². The van der Waals surface area contributed by atoms with Crippen molar-refractivity contribution in [3.63, 3.8) is 0 Å². The van der Waals surface area contributed by atoms with Crippen molar-refractivity contribution in [1.82, 2.24) is 52.8 Å². The van der Waals surface area contributed by atoms with E-state index in [1.165, 1.54) is 36.1 Å². The molecule has 2 aliphatic heterocycles. The van der Waals surface area contributed by atoms with Gasteiger partial charge >= 0.3 is 0 Å². The Morgan fingerprint density at radius 1 is 0.523 bits per heavy atom. The highest BCUT2D eigenvalue weighted by Crippen LogP contribution is 2.21. The van der Waals surface area contributed by atoms with E-state index in [-0.39, 0.29) is 69.7 Å². The number of nitrogens with zero attached hydrogens (tertiary/aromatic N) is 1.